The summed E-state index contributed by atoms with van der Waals surface area (Å²) in [5, 5.41) is 2.07. The first kappa shape index (κ1) is 12.0. The van der Waals surface area contributed by atoms with Gasteiger partial charge < -0.3 is 15.0 Å². The summed E-state index contributed by atoms with van der Waals surface area (Å²) in [6.07, 6.45) is 0. The van der Waals surface area contributed by atoms with Crippen LogP contribution in [0.25, 0.3) is 11.0 Å². The molecule has 0 fully saturated rings. The highest BCUT2D eigenvalue weighted by atomic mass is 32.1. The highest BCUT2D eigenvalue weighted by Crippen LogP contribution is 2.32. The summed E-state index contributed by atoms with van der Waals surface area (Å²) in [5.41, 5.74) is 7.89. The third-order valence-corrected chi connectivity index (χ3v) is 4.32. The first-order valence-electron chi connectivity index (χ1n) is 6.06. The Bertz CT molecular complexity index is 703. The van der Waals surface area contributed by atoms with Crippen LogP contribution in [0.3, 0.4) is 0 Å². The molecule has 0 spiro atoms. The summed E-state index contributed by atoms with van der Waals surface area (Å²) in [7, 11) is 1.65. The lowest BCUT2D eigenvalue weighted by atomic mass is 10.2. The zero-order chi connectivity index (χ0) is 13.4. The number of thiophene rings is 1. The van der Waals surface area contributed by atoms with Crippen molar-refractivity contribution in [2.75, 3.05) is 12.8 Å². The summed E-state index contributed by atoms with van der Waals surface area (Å²) < 4.78 is 7.38. The van der Waals surface area contributed by atoms with Gasteiger partial charge >= 0.3 is 0 Å². The van der Waals surface area contributed by atoms with E-state index in [4.69, 9.17) is 10.5 Å². The molecule has 98 valence electrons. The molecule has 0 aliphatic heterocycles. The van der Waals surface area contributed by atoms with E-state index in [0.717, 1.165) is 16.8 Å². The first-order valence-corrected chi connectivity index (χ1v) is 6.94. The van der Waals surface area contributed by atoms with Crippen molar-refractivity contribution < 1.29 is 4.74 Å². The maximum absolute atomic E-state index is 6.08. The van der Waals surface area contributed by atoms with Gasteiger partial charge in [-0.15, -0.1) is 11.3 Å². The molecular formula is C14H15N3OS. The van der Waals surface area contributed by atoms with Crippen molar-refractivity contribution in [2.24, 2.45) is 0 Å². The number of hydrogen-bond donors (Lipinski definition) is 1. The molecule has 3 aromatic rings. The van der Waals surface area contributed by atoms with E-state index < -0.39 is 0 Å². The van der Waals surface area contributed by atoms with Gasteiger partial charge in [-0.1, -0.05) is 12.1 Å². The summed E-state index contributed by atoms with van der Waals surface area (Å²) in [6.45, 7) is 2.13. The molecule has 0 aliphatic rings. The quantitative estimate of drug-likeness (QED) is 0.796. The summed E-state index contributed by atoms with van der Waals surface area (Å²) >= 11 is 1.72. The molecular weight excluding hydrogens is 258 g/mol. The average molecular weight is 273 g/mol. The second-order valence-corrected chi connectivity index (χ2v) is 5.34. The fraction of sp³-hybridized carbons (Fsp3) is 0.214. The van der Waals surface area contributed by atoms with Gasteiger partial charge in [-0.25, -0.2) is 4.98 Å². The van der Waals surface area contributed by atoms with Gasteiger partial charge in [-0.05, 0) is 30.5 Å². The highest BCUT2D eigenvalue weighted by molar-refractivity contribution is 7.10. The standard InChI is InChI=1S/C14H15N3OS/c1-9(12-7-4-8-19-12)17-10-5-3-6-11(18-2)13(10)16-14(17)15/h3-9H,1-2H3,(H2,15,16). The predicted molar refractivity (Wildman–Crippen MR) is 78.8 cm³/mol. The van der Waals surface area contributed by atoms with Gasteiger partial charge in [0.2, 0.25) is 5.95 Å². The van der Waals surface area contributed by atoms with Crippen molar-refractivity contribution in [3.8, 4) is 5.75 Å². The monoisotopic (exact) mass is 273 g/mol. The Kier molecular flexibility index (Phi) is 2.91. The van der Waals surface area contributed by atoms with Gasteiger partial charge in [0.1, 0.15) is 11.3 Å². The number of nitrogen functional groups attached to an aromatic ring is 1. The maximum Gasteiger partial charge on any atom is 0.201 e. The third-order valence-electron chi connectivity index (χ3n) is 3.27. The number of nitrogens with two attached hydrogens (primary N) is 1. The predicted octanol–water partition coefficient (Wildman–Crippen LogP) is 3.30. The second kappa shape index (κ2) is 4.59. The Morgan fingerprint density at radius 3 is 2.84 bits per heavy atom. The van der Waals surface area contributed by atoms with E-state index in [1.807, 2.05) is 28.8 Å². The number of nitrogens with zero attached hydrogens (tertiary/aromatic N) is 2. The van der Waals surface area contributed by atoms with Crippen molar-refractivity contribution in [3.63, 3.8) is 0 Å². The number of rotatable bonds is 3. The smallest absolute Gasteiger partial charge is 0.201 e. The van der Waals surface area contributed by atoms with Gasteiger partial charge in [-0.3, -0.25) is 0 Å². The Balaban J connectivity index is 2.21. The number of hydrogen-bond acceptors (Lipinski definition) is 4. The number of fused-ring (bicyclic) bond motifs is 1. The molecule has 4 nitrogen and oxygen atoms in total. The van der Waals surface area contributed by atoms with E-state index in [1.165, 1.54) is 4.88 Å². The molecule has 0 saturated carbocycles. The van der Waals surface area contributed by atoms with Crippen LogP contribution < -0.4 is 10.5 Å². The van der Waals surface area contributed by atoms with E-state index in [1.54, 1.807) is 18.4 Å². The molecule has 2 aromatic heterocycles. The van der Waals surface area contributed by atoms with Crippen molar-refractivity contribution in [1.29, 1.82) is 0 Å². The van der Waals surface area contributed by atoms with Crippen molar-refractivity contribution in [1.82, 2.24) is 9.55 Å². The van der Waals surface area contributed by atoms with E-state index in [0.29, 0.717) is 5.95 Å². The second-order valence-electron chi connectivity index (χ2n) is 4.36. The van der Waals surface area contributed by atoms with Gasteiger partial charge in [0.15, 0.2) is 0 Å². The average Bonchev–Trinajstić information content (AvgIpc) is 3.04. The van der Waals surface area contributed by atoms with Crippen LogP contribution in [0.5, 0.6) is 5.75 Å². The first-order chi connectivity index (χ1) is 9.22. The number of imidazole rings is 1. The number of methoxy groups -OCH3 is 1. The summed E-state index contributed by atoms with van der Waals surface area (Å²) in [5.74, 6) is 1.27. The van der Waals surface area contributed by atoms with Crippen LogP contribution in [0.2, 0.25) is 0 Å². The SMILES string of the molecule is COc1cccc2c1nc(N)n2C(C)c1cccs1. The Labute approximate surface area is 115 Å². The van der Waals surface area contributed by atoms with Crippen LogP contribution >= 0.6 is 11.3 Å². The van der Waals surface area contributed by atoms with E-state index in [-0.39, 0.29) is 6.04 Å². The fourth-order valence-corrected chi connectivity index (χ4v) is 3.11. The molecule has 1 unspecified atom stereocenters. The molecule has 3 rings (SSSR count). The van der Waals surface area contributed by atoms with Crippen LogP contribution in [0.4, 0.5) is 5.95 Å². The van der Waals surface area contributed by atoms with Crippen molar-refractivity contribution >= 4 is 28.3 Å². The number of aromatic nitrogens is 2. The lowest BCUT2D eigenvalue weighted by Gasteiger charge is -2.14. The van der Waals surface area contributed by atoms with E-state index in [9.17, 15) is 0 Å². The number of ether oxygens (including phenoxy) is 1. The van der Waals surface area contributed by atoms with Crippen molar-refractivity contribution in [3.05, 3.63) is 40.6 Å². The zero-order valence-electron chi connectivity index (χ0n) is 10.8. The van der Waals surface area contributed by atoms with Crippen LogP contribution in [0.1, 0.15) is 17.8 Å². The van der Waals surface area contributed by atoms with E-state index >= 15 is 0 Å². The zero-order valence-corrected chi connectivity index (χ0v) is 11.6. The third kappa shape index (κ3) is 1.86. The normalized spacial score (nSPS) is 12.7. The van der Waals surface area contributed by atoms with Gasteiger partial charge in [0.05, 0.1) is 18.7 Å². The maximum atomic E-state index is 6.08. The van der Waals surface area contributed by atoms with E-state index in [2.05, 4.69) is 23.4 Å². The molecule has 1 atom stereocenters. The minimum atomic E-state index is 0.164. The molecule has 19 heavy (non-hydrogen) atoms. The molecule has 0 bridgehead atoms. The molecule has 2 heterocycles. The molecule has 0 radical (unpaired) electrons. The minimum absolute atomic E-state index is 0.164. The lowest BCUT2D eigenvalue weighted by Crippen LogP contribution is -2.08. The largest absolute Gasteiger partial charge is 0.494 e. The number of anilines is 1. The van der Waals surface area contributed by atoms with Gasteiger partial charge in [0.25, 0.3) is 0 Å². The Morgan fingerprint density at radius 2 is 2.16 bits per heavy atom. The Hall–Kier alpha value is -2.01. The Morgan fingerprint density at radius 1 is 1.32 bits per heavy atom. The molecule has 1 aromatic carbocycles. The van der Waals surface area contributed by atoms with Crippen LogP contribution in [0, 0.1) is 0 Å². The molecule has 5 heteroatoms. The highest BCUT2D eigenvalue weighted by Gasteiger charge is 2.18. The molecule has 2 N–H and O–H groups in total. The van der Waals surface area contributed by atoms with Crippen LogP contribution in [0.15, 0.2) is 35.7 Å². The minimum Gasteiger partial charge on any atom is -0.494 e. The summed E-state index contributed by atoms with van der Waals surface area (Å²) in [6, 6.07) is 10.2. The van der Waals surface area contributed by atoms with Crippen LogP contribution in [-0.2, 0) is 0 Å². The number of benzene rings is 1. The lowest BCUT2D eigenvalue weighted by molar-refractivity contribution is 0.419. The topological polar surface area (TPSA) is 53.1 Å². The number of para-hydroxylation sites is 1. The summed E-state index contributed by atoms with van der Waals surface area (Å²) in [4.78, 5) is 5.69. The molecule has 0 amide bonds. The van der Waals surface area contributed by atoms with Gasteiger partial charge in [0, 0.05) is 4.88 Å². The fourth-order valence-electron chi connectivity index (χ4n) is 2.34. The molecule has 0 aliphatic carbocycles. The van der Waals surface area contributed by atoms with Crippen molar-refractivity contribution in [2.45, 2.75) is 13.0 Å². The van der Waals surface area contributed by atoms with Crippen LogP contribution in [-0.4, -0.2) is 16.7 Å². The van der Waals surface area contributed by atoms with Gasteiger partial charge in [-0.2, -0.15) is 0 Å². The molecule has 0 saturated heterocycles.